The van der Waals surface area contributed by atoms with E-state index >= 15 is 0 Å². The minimum Gasteiger partial charge on any atom is -0.430 e. The first-order valence-corrected chi connectivity index (χ1v) is 9.98. The molecule has 0 bridgehead atoms. The largest absolute Gasteiger partial charge is 0.430 e. The monoisotopic (exact) mass is 403 g/mol. The highest BCUT2D eigenvalue weighted by molar-refractivity contribution is 6.18. The summed E-state index contributed by atoms with van der Waals surface area (Å²) in [5.41, 5.74) is 6.83. The first-order valence-electron chi connectivity index (χ1n) is 9.98. The molecule has 5 rings (SSSR count). The zero-order valence-corrected chi connectivity index (χ0v) is 16.2. The van der Waals surface area contributed by atoms with Gasteiger partial charge in [0.25, 0.3) is 5.91 Å². The number of hydrogen-bond acceptors (Lipinski definition) is 5. The molecule has 2 amide bonds. The molecule has 4 N–H and O–H groups in total. The highest BCUT2D eigenvalue weighted by Crippen LogP contribution is 2.34. The van der Waals surface area contributed by atoms with Gasteiger partial charge in [-0.25, -0.2) is 10.2 Å². The van der Waals surface area contributed by atoms with E-state index in [4.69, 9.17) is 4.74 Å². The van der Waals surface area contributed by atoms with Crippen LogP contribution in [0.15, 0.2) is 47.6 Å². The fourth-order valence-electron chi connectivity index (χ4n) is 3.98. The van der Waals surface area contributed by atoms with Crippen molar-refractivity contribution in [1.29, 1.82) is 0 Å². The van der Waals surface area contributed by atoms with Crippen molar-refractivity contribution in [2.75, 3.05) is 11.9 Å². The minimum absolute atomic E-state index is 0.289. The first kappa shape index (κ1) is 18.4. The zero-order chi connectivity index (χ0) is 20.5. The van der Waals surface area contributed by atoms with E-state index in [2.05, 4.69) is 26.1 Å². The number of nitrogens with one attached hydrogen (secondary N) is 4. The average molecular weight is 403 g/mol. The van der Waals surface area contributed by atoms with E-state index in [0.717, 1.165) is 53.5 Å². The van der Waals surface area contributed by atoms with Crippen LogP contribution in [0.4, 0.5) is 10.5 Å². The van der Waals surface area contributed by atoms with E-state index < -0.39 is 6.09 Å². The standard InChI is InChI=1S/C22H21N5O3/c28-21-15-10-14(25-22(29)30-18-8-4-5-9-23-18)11-17-19(15)16(12-24-27-21)20(26-17)13-6-2-1-3-7-13/h1-3,6-7,10-12,18,23,26H,4-5,8-9H2,(H,25,29)(H,27,28)/t18-/m1/s1. The molecule has 152 valence electrons. The smallest absolute Gasteiger partial charge is 0.413 e. The summed E-state index contributed by atoms with van der Waals surface area (Å²) < 4.78 is 5.45. The summed E-state index contributed by atoms with van der Waals surface area (Å²) in [6.45, 7) is 0.835. The molecule has 1 fully saturated rings. The maximum atomic E-state index is 12.6. The highest BCUT2D eigenvalue weighted by Gasteiger charge is 2.23. The Morgan fingerprint density at radius 3 is 2.83 bits per heavy atom. The Bertz CT molecular complexity index is 1150. The lowest BCUT2D eigenvalue weighted by Gasteiger charge is -2.23. The molecule has 0 unspecified atom stereocenters. The molecule has 2 aliphatic rings. The Morgan fingerprint density at radius 2 is 2.03 bits per heavy atom. The fourth-order valence-corrected chi connectivity index (χ4v) is 3.98. The summed E-state index contributed by atoms with van der Waals surface area (Å²) >= 11 is 0. The third-order valence-electron chi connectivity index (χ3n) is 5.36. The third-order valence-corrected chi connectivity index (χ3v) is 5.36. The van der Waals surface area contributed by atoms with Crippen molar-refractivity contribution in [3.63, 3.8) is 0 Å². The Morgan fingerprint density at radius 1 is 1.17 bits per heavy atom. The molecule has 2 aromatic carbocycles. The number of ether oxygens (including phenoxy) is 1. The van der Waals surface area contributed by atoms with Gasteiger partial charge in [-0.15, -0.1) is 0 Å². The van der Waals surface area contributed by atoms with Gasteiger partial charge in [0.1, 0.15) is 0 Å². The molecule has 0 radical (unpaired) electrons. The van der Waals surface area contributed by atoms with Crippen LogP contribution in [0.25, 0.3) is 22.2 Å². The molecule has 1 aromatic heterocycles. The lowest BCUT2D eigenvalue weighted by Crippen LogP contribution is -2.38. The quantitative estimate of drug-likeness (QED) is 0.536. The van der Waals surface area contributed by atoms with Crippen molar-refractivity contribution >= 4 is 34.8 Å². The fraction of sp³-hybridized carbons (Fsp3) is 0.227. The third kappa shape index (κ3) is 3.42. The van der Waals surface area contributed by atoms with Gasteiger partial charge in [0.05, 0.1) is 17.5 Å². The summed E-state index contributed by atoms with van der Waals surface area (Å²) in [6, 6.07) is 13.3. The lowest BCUT2D eigenvalue weighted by atomic mass is 10.0. The van der Waals surface area contributed by atoms with Crippen LogP contribution < -0.4 is 16.1 Å². The molecule has 0 saturated carbocycles. The number of benzene rings is 2. The van der Waals surface area contributed by atoms with Gasteiger partial charge in [0, 0.05) is 22.2 Å². The van der Waals surface area contributed by atoms with Crippen molar-refractivity contribution < 1.29 is 14.3 Å². The number of carbonyl (C=O) groups is 2. The van der Waals surface area contributed by atoms with E-state index in [1.165, 1.54) is 0 Å². The van der Waals surface area contributed by atoms with Crippen molar-refractivity contribution in [1.82, 2.24) is 15.7 Å². The molecule has 1 saturated heterocycles. The van der Waals surface area contributed by atoms with E-state index in [0.29, 0.717) is 11.3 Å². The van der Waals surface area contributed by atoms with Crippen LogP contribution in [-0.2, 0) is 4.74 Å². The van der Waals surface area contributed by atoms with Crippen LogP contribution in [0.5, 0.6) is 0 Å². The molecule has 2 aliphatic heterocycles. The molecular weight excluding hydrogens is 382 g/mol. The normalized spacial score (nSPS) is 18.0. The molecule has 30 heavy (non-hydrogen) atoms. The predicted molar refractivity (Wildman–Crippen MR) is 115 cm³/mol. The number of piperidine rings is 1. The Balaban J connectivity index is 1.52. The second kappa shape index (κ2) is 7.64. The second-order valence-electron chi connectivity index (χ2n) is 7.39. The highest BCUT2D eigenvalue weighted by atomic mass is 16.6. The molecule has 8 nitrogen and oxygen atoms in total. The van der Waals surface area contributed by atoms with E-state index in [1.807, 2.05) is 30.3 Å². The molecule has 8 heteroatoms. The number of hydrazone groups is 1. The first-order chi connectivity index (χ1) is 14.7. The van der Waals surface area contributed by atoms with Crippen LogP contribution in [-0.4, -0.2) is 36.0 Å². The Kier molecular flexibility index (Phi) is 4.68. The van der Waals surface area contributed by atoms with Crippen molar-refractivity contribution in [2.45, 2.75) is 25.5 Å². The minimum atomic E-state index is -0.554. The van der Waals surface area contributed by atoms with Crippen LogP contribution in [0.1, 0.15) is 35.2 Å². The molecule has 3 aromatic rings. The van der Waals surface area contributed by atoms with E-state index in [-0.39, 0.29) is 12.1 Å². The molecule has 3 heterocycles. The van der Waals surface area contributed by atoms with Crippen LogP contribution in [0, 0.1) is 0 Å². The zero-order valence-electron chi connectivity index (χ0n) is 16.2. The van der Waals surface area contributed by atoms with E-state index in [1.54, 1.807) is 18.3 Å². The van der Waals surface area contributed by atoms with Crippen LogP contribution in [0.3, 0.4) is 0 Å². The molecular formula is C22H21N5O3. The number of hydrogen-bond donors (Lipinski definition) is 4. The summed E-state index contributed by atoms with van der Waals surface area (Å²) in [5.74, 6) is -0.334. The number of aromatic nitrogens is 1. The maximum Gasteiger partial charge on any atom is 0.413 e. The lowest BCUT2D eigenvalue weighted by molar-refractivity contribution is 0.0716. The average Bonchev–Trinajstić information content (AvgIpc) is 3.03. The van der Waals surface area contributed by atoms with Gasteiger partial charge in [-0.3, -0.25) is 15.4 Å². The van der Waals surface area contributed by atoms with Gasteiger partial charge < -0.3 is 9.72 Å². The number of anilines is 1. The predicted octanol–water partition coefficient (Wildman–Crippen LogP) is 3.56. The van der Waals surface area contributed by atoms with Crippen molar-refractivity contribution in [3.05, 3.63) is 53.6 Å². The summed E-state index contributed by atoms with van der Waals surface area (Å²) in [7, 11) is 0. The van der Waals surface area contributed by atoms with Gasteiger partial charge in [-0.1, -0.05) is 30.3 Å². The molecule has 1 atom stereocenters. The second-order valence-corrected chi connectivity index (χ2v) is 7.39. The number of amides is 2. The Labute approximate surface area is 172 Å². The topological polar surface area (TPSA) is 108 Å². The number of aromatic amines is 1. The number of rotatable bonds is 3. The van der Waals surface area contributed by atoms with Gasteiger partial charge in [0.2, 0.25) is 0 Å². The number of nitrogens with zero attached hydrogens (tertiary/aromatic N) is 1. The van der Waals surface area contributed by atoms with Gasteiger partial charge in [-0.2, -0.15) is 5.10 Å². The molecule has 0 aliphatic carbocycles. The summed E-state index contributed by atoms with van der Waals surface area (Å²) in [4.78, 5) is 28.3. The van der Waals surface area contributed by atoms with Gasteiger partial charge >= 0.3 is 6.09 Å². The summed E-state index contributed by atoms with van der Waals surface area (Å²) in [5, 5.41) is 10.7. The van der Waals surface area contributed by atoms with Crippen LogP contribution in [0.2, 0.25) is 0 Å². The van der Waals surface area contributed by atoms with Crippen LogP contribution >= 0.6 is 0 Å². The van der Waals surface area contributed by atoms with Crippen molar-refractivity contribution in [2.24, 2.45) is 5.10 Å². The SMILES string of the molecule is O=C(Nc1cc2c3c(c(-c4ccccc4)[nH]c3c1)C=NNC2=O)O[C@@H]1CCCCN1. The maximum absolute atomic E-state index is 12.6. The van der Waals surface area contributed by atoms with E-state index in [9.17, 15) is 9.59 Å². The van der Waals surface area contributed by atoms with Crippen molar-refractivity contribution in [3.8, 4) is 11.3 Å². The number of H-pyrrole nitrogens is 1. The molecule has 0 spiro atoms. The summed E-state index contributed by atoms with van der Waals surface area (Å²) in [6.07, 6.45) is 3.69. The number of carbonyl (C=O) groups excluding carboxylic acids is 2. The Hall–Kier alpha value is -3.65. The van der Waals surface area contributed by atoms with Gasteiger partial charge in [-0.05, 0) is 43.5 Å². The van der Waals surface area contributed by atoms with Gasteiger partial charge in [0.15, 0.2) is 6.23 Å².